The lowest BCUT2D eigenvalue weighted by Crippen LogP contribution is -2.55. The quantitative estimate of drug-likeness (QED) is 0.322. The van der Waals surface area contributed by atoms with Gasteiger partial charge in [-0.15, -0.1) is 5.92 Å². The van der Waals surface area contributed by atoms with Crippen molar-refractivity contribution in [2.45, 2.75) is 77.1 Å². The van der Waals surface area contributed by atoms with Crippen LogP contribution in [0.25, 0.3) is 0 Å². The average molecular weight is 569 g/mol. The topological polar surface area (TPSA) is 71.5 Å². The molecular weight excluding hydrogens is 532 g/mol. The van der Waals surface area contributed by atoms with Gasteiger partial charge in [-0.05, 0) is 111 Å². The molecule has 0 radical (unpaired) electrons. The fraction of sp³-hybridized carbons (Fsp3) is 0.429. The van der Waals surface area contributed by atoms with Gasteiger partial charge in [0.25, 0.3) is 5.91 Å². The van der Waals surface area contributed by atoms with Crippen LogP contribution in [0.5, 0.6) is 0 Å². The summed E-state index contributed by atoms with van der Waals surface area (Å²) in [6.45, 7) is 6.41. The smallest absolute Gasteiger partial charge is 0.255 e. The first-order valence-corrected chi connectivity index (χ1v) is 15.0. The van der Waals surface area contributed by atoms with E-state index in [-0.39, 0.29) is 23.3 Å². The Bertz CT molecular complexity index is 1530. The number of hydrogen-bond acceptors (Lipinski definition) is 4. The summed E-state index contributed by atoms with van der Waals surface area (Å²) in [5, 5.41) is 15.5. The molecule has 1 heterocycles. The van der Waals surface area contributed by atoms with Crippen LogP contribution in [0, 0.1) is 36.0 Å². The Morgan fingerprint density at radius 2 is 2.00 bits per heavy atom. The number of hydrogen-bond donors (Lipinski definition) is 2. The molecule has 212 valence electrons. The van der Waals surface area contributed by atoms with Crippen LogP contribution in [0.2, 0.25) is 5.02 Å². The van der Waals surface area contributed by atoms with Gasteiger partial charge in [-0.1, -0.05) is 42.6 Å². The summed E-state index contributed by atoms with van der Waals surface area (Å²) in [5.41, 5.74) is 4.37. The summed E-state index contributed by atoms with van der Waals surface area (Å²) in [6, 6.07) is 17.6. The molecule has 0 bridgehead atoms. The number of anilines is 1. The molecule has 6 atom stereocenters. The van der Waals surface area contributed by atoms with Crippen molar-refractivity contribution < 1.29 is 14.6 Å². The number of amides is 1. The summed E-state index contributed by atoms with van der Waals surface area (Å²) in [5.74, 6) is 7.02. The van der Waals surface area contributed by atoms with Gasteiger partial charge in [0.2, 0.25) is 0 Å². The molecule has 2 N–H and O–H groups in total. The minimum absolute atomic E-state index is 0.0861. The number of benzene rings is 2. The molecular formula is C35H37ClN2O3. The van der Waals surface area contributed by atoms with Crippen molar-refractivity contribution in [3.05, 3.63) is 93.8 Å². The van der Waals surface area contributed by atoms with Gasteiger partial charge in [0, 0.05) is 28.1 Å². The van der Waals surface area contributed by atoms with Gasteiger partial charge in [-0.25, -0.2) is 0 Å². The zero-order chi connectivity index (χ0) is 28.8. The Hall–Kier alpha value is -3.17. The second kappa shape index (κ2) is 10.9. The Morgan fingerprint density at radius 1 is 1.20 bits per heavy atom. The maximum absolute atomic E-state index is 13.2. The lowest BCUT2D eigenvalue weighted by atomic mass is 9.52. The van der Waals surface area contributed by atoms with Crippen molar-refractivity contribution in [3.8, 4) is 11.8 Å². The maximum atomic E-state index is 13.2. The Balaban J connectivity index is 1.32. The molecule has 2 aromatic carbocycles. The highest BCUT2D eigenvalue weighted by molar-refractivity contribution is 6.30. The lowest BCUT2D eigenvalue weighted by molar-refractivity contribution is -0.129. The van der Waals surface area contributed by atoms with Crippen molar-refractivity contribution in [1.29, 1.82) is 0 Å². The highest BCUT2D eigenvalue weighted by Crippen LogP contribution is 2.64. The molecule has 0 unspecified atom stereocenters. The van der Waals surface area contributed by atoms with Crippen molar-refractivity contribution >= 4 is 23.2 Å². The van der Waals surface area contributed by atoms with E-state index in [0.29, 0.717) is 35.4 Å². The van der Waals surface area contributed by atoms with E-state index >= 15 is 0 Å². The van der Waals surface area contributed by atoms with Gasteiger partial charge in [-0.2, -0.15) is 0 Å². The molecule has 0 saturated heterocycles. The minimum atomic E-state index is -1.01. The number of carbonyl (C=O) groups is 1. The van der Waals surface area contributed by atoms with Crippen molar-refractivity contribution in [1.82, 2.24) is 4.98 Å². The van der Waals surface area contributed by atoms with Gasteiger partial charge in [0.05, 0.1) is 24.1 Å². The van der Waals surface area contributed by atoms with E-state index in [4.69, 9.17) is 16.3 Å². The number of ether oxygens (including phenoxy) is 1. The molecule has 0 aliphatic heterocycles. The number of aliphatic hydroxyl groups is 1. The second-order valence-corrected chi connectivity index (χ2v) is 12.6. The van der Waals surface area contributed by atoms with Crippen molar-refractivity contribution in [3.63, 3.8) is 0 Å². The van der Waals surface area contributed by atoms with Crippen LogP contribution in [0.15, 0.2) is 60.8 Å². The molecule has 6 heteroatoms. The van der Waals surface area contributed by atoms with Crippen LogP contribution in [0.4, 0.5) is 5.69 Å². The number of aromatic nitrogens is 1. The van der Waals surface area contributed by atoms with E-state index in [0.717, 1.165) is 42.6 Å². The molecule has 2 fully saturated rings. The predicted molar refractivity (Wildman–Crippen MR) is 162 cm³/mol. The highest BCUT2D eigenvalue weighted by atomic mass is 35.5. The van der Waals surface area contributed by atoms with E-state index in [1.165, 1.54) is 11.1 Å². The molecule has 1 amide bonds. The summed E-state index contributed by atoms with van der Waals surface area (Å²) in [4.78, 5) is 17.5. The maximum Gasteiger partial charge on any atom is 0.255 e. The van der Waals surface area contributed by atoms with Gasteiger partial charge in [-0.3, -0.25) is 9.78 Å². The van der Waals surface area contributed by atoms with Crippen LogP contribution in [0.3, 0.4) is 0 Å². The molecule has 41 heavy (non-hydrogen) atoms. The van der Waals surface area contributed by atoms with E-state index < -0.39 is 5.60 Å². The first kappa shape index (κ1) is 28.0. The number of fused-ring (bicyclic) bond motifs is 5. The van der Waals surface area contributed by atoms with Crippen LogP contribution >= 0.6 is 11.6 Å². The fourth-order valence-corrected chi connectivity index (χ4v) is 8.07. The van der Waals surface area contributed by atoms with Gasteiger partial charge in [0.15, 0.2) is 0 Å². The third-order valence-electron chi connectivity index (χ3n) is 10.1. The molecule has 3 aliphatic rings. The molecule has 2 saturated carbocycles. The first-order chi connectivity index (χ1) is 19.7. The minimum Gasteiger partial charge on any atom is -0.377 e. The van der Waals surface area contributed by atoms with Gasteiger partial charge < -0.3 is 15.2 Å². The summed E-state index contributed by atoms with van der Waals surface area (Å²) in [7, 11) is 0. The first-order valence-electron chi connectivity index (χ1n) is 14.6. The zero-order valence-electron chi connectivity index (χ0n) is 23.9. The lowest BCUT2D eigenvalue weighted by Gasteiger charge is -2.55. The summed E-state index contributed by atoms with van der Waals surface area (Å²) in [6.07, 6.45) is 5.94. The molecule has 3 aliphatic carbocycles. The Kier molecular flexibility index (Phi) is 7.44. The average Bonchev–Trinajstić information content (AvgIpc) is 3.23. The zero-order valence-corrected chi connectivity index (χ0v) is 24.7. The third kappa shape index (κ3) is 4.97. The van der Waals surface area contributed by atoms with Gasteiger partial charge >= 0.3 is 0 Å². The normalized spacial score (nSPS) is 29.9. The monoisotopic (exact) mass is 568 g/mol. The van der Waals surface area contributed by atoms with Crippen molar-refractivity contribution in [2.75, 3.05) is 5.32 Å². The Morgan fingerprint density at radius 3 is 2.76 bits per heavy atom. The molecule has 1 aromatic heterocycles. The van der Waals surface area contributed by atoms with Crippen LogP contribution in [-0.2, 0) is 17.8 Å². The largest absolute Gasteiger partial charge is 0.377 e. The highest BCUT2D eigenvalue weighted by Gasteiger charge is 2.63. The van der Waals surface area contributed by atoms with Crippen LogP contribution in [0.1, 0.15) is 78.2 Å². The summed E-state index contributed by atoms with van der Waals surface area (Å²) < 4.78 is 6.76. The molecule has 3 aromatic rings. The van der Waals surface area contributed by atoms with E-state index in [2.05, 4.69) is 41.2 Å². The van der Waals surface area contributed by atoms with E-state index in [9.17, 15) is 9.90 Å². The number of rotatable bonds is 5. The molecule has 0 spiro atoms. The number of pyridine rings is 1. The number of nitrogens with one attached hydrogen (secondary N) is 1. The third-order valence-corrected chi connectivity index (χ3v) is 10.3. The Labute approximate surface area is 247 Å². The van der Waals surface area contributed by atoms with Gasteiger partial charge in [0.1, 0.15) is 5.60 Å². The molecule has 6 rings (SSSR count). The van der Waals surface area contributed by atoms with Crippen LogP contribution in [-0.4, -0.2) is 27.7 Å². The van der Waals surface area contributed by atoms with E-state index in [1.54, 1.807) is 6.20 Å². The number of nitrogens with zero attached hydrogens (tertiary/aromatic N) is 1. The van der Waals surface area contributed by atoms with Crippen LogP contribution < -0.4 is 5.32 Å². The standard InChI is InChI=1S/C35H37ClN2O3/c1-4-16-35(40)17-15-29-28-14-9-24-19-25(33(39)38-30-6-5-18-37-22(30)2)10-13-27(24)32(28)31(20-34(29,35)3)41-21-23-7-11-26(36)12-8-23/h5-8,10-13,18-19,28-29,31-32,40H,9,14-15,17,20-21H2,1-3H3,(H,38,39)/t28-,29-,31-,32+,34-,35-/m0/s1. The number of aryl methyl sites for hydroxylation is 2. The number of carbonyl (C=O) groups excluding carboxylic acids is 1. The molecule has 5 nitrogen and oxygen atoms in total. The van der Waals surface area contributed by atoms with Crippen molar-refractivity contribution in [2.24, 2.45) is 17.3 Å². The SMILES string of the molecule is CC#C[C@]1(O)CC[C@H]2[C@@H]3CCc4cc(C(=O)Nc5cccnc5C)ccc4[C@H]3[C@@H](OCc3ccc(Cl)cc3)C[C@@]21C. The van der Waals surface area contributed by atoms with E-state index in [1.807, 2.05) is 56.3 Å². The summed E-state index contributed by atoms with van der Waals surface area (Å²) >= 11 is 6.12. The predicted octanol–water partition coefficient (Wildman–Crippen LogP) is 7.10. The number of halogens is 1. The second-order valence-electron chi connectivity index (χ2n) is 12.2. The fourth-order valence-electron chi connectivity index (χ4n) is 7.94.